The predicted octanol–water partition coefficient (Wildman–Crippen LogP) is 10.1. The molecule has 214 valence electrons. The number of hydrogen-bond donors (Lipinski definition) is 1. The monoisotopic (exact) mass is 508 g/mol. The van der Waals surface area contributed by atoms with Crippen molar-refractivity contribution in [2.75, 3.05) is 20.6 Å². The van der Waals surface area contributed by atoms with Crippen LogP contribution in [0.15, 0.2) is 0 Å². The van der Waals surface area contributed by atoms with Crippen molar-refractivity contribution in [3.63, 3.8) is 0 Å². The molecule has 0 heterocycles. The molecule has 0 aromatic carbocycles. The lowest BCUT2D eigenvalue weighted by Crippen LogP contribution is -2.21. The highest BCUT2D eigenvalue weighted by atomic mass is 16.4. The number of carboxylic acids is 1. The molecule has 36 heavy (non-hydrogen) atoms. The largest absolute Gasteiger partial charge is 0.481 e. The summed E-state index contributed by atoms with van der Waals surface area (Å²) in [5.74, 6) is 2.07. The lowest BCUT2D eigenvalue weighted by molar-refractivity contribution is -0.141. The molecule has 1 rings (SSSR count). The molecule has 0 saturated heterocycles. The zero-order chi connectivity index (χ0) is 26.4. The first-order chi connectivity index (χ1) is 17.4. The summed E-state index contributed by atoms with van der Waals surface area (Å²) in [5.41, 5.74) is 0. The molecule has 1 fully saturated rings. The van der Waals surface area contributed by atoms with Gasteiger partial charge in [-0.2, -0.15) is 0 Å². The van der Waals surface area contributed by atoms with E-state index in [1.807, 2.05) is 6.92 Å². The molecule has 0 bridgehead atoms. The number of nitrogens with zero attached hydrogens (tertiary/aromatic N) is 1. The molecule has 0 spiro atoms. The maximum Gasteiger partial charge on any atom is 0.306 e. The van der Waals surface area contributed by atoms with Crippen LogP contribution < -0.4 is 0 Å². The molecule has 4 unspecified atom stereocenters. The summed E-state index contributed by atoms with van der Waals surface area (Å²) in [4.78, 5) is 13.3. The molecule has 0 aromatic rings. The van der Waals surface area contributed by atoms with Gasteiger partial charge in [-0.25, -0.2) is 0 Å². The van der Waals surface area contributed by atoms with Crippen LogP contribution in [-0.4, -0.2) is 36.6 Å². The Morgan fingerprint density at radius 3 is 1.58 bits per heavy atom. The van der Waals surface area contributed by atoms with E-state index in [0.717, 1.165) is 30.6 Å². The Balaban J connectivity index is 1.89. The van der Waals surface area contributed by atoms with Crippen molar-refractivity contribution in [1.82, 2.24) is 4.90 Å². The van der Waals surface area contributed by atoms with Crippen molar-refractivity contribution in [2.24, 2.45) is 23.7 Å². The second-order valence-electron chi connectivity index (χ2n) is 12.7. The van der Waals surface area contributed by atoms with Gasteiger partial charge in [0.2, 0.25) is 0 Å². The second kappa shape index (κ2) is 22.4. The van der Waals surface area contributed by atoms with E-state index in [2.05, 4.69) is 25.9 Å². The summed E-state index contributed by atoms with van der Waals surface area (Å²) in [6.45, 7) is 5.42. The van der Waals surface area contributed by atoms with Crippen molar-refractivity contribution in [2.45, 2.75) is 162 Å². The van der Waals surface area contributed by atoms with Gasteiger partial charge in [-0.3, -0.25) is 4.79 Å². The fourth-order valence-electron chi connectivity index (χ4n) is 6.13. The van der Waals surface area contributed by atoms with Gasteiger partial charge in [0.15, 0.2) is 0 Å². The van der Waals surface area contributed by atoms with E-state index in [0.29, 0.717) is 0 Å². The minimum absolute atomic E-state index is 0.167. The van der Waals surface area contributed by atoms with Gasteiger partial charge in [0.05, 0.1) is 5.92 Å². The van der Waals surface area contributed by atoms with Gasteiger partial charge < -0.3 is 10.0 Å². The van der Waals surface area contributed by atoms with Gasteiger partial charge >= 0.3 is 5.97 Å². The van der Waals surface area contributed by atoms with Gasteiger partial charge in [-0.05, 0) is 57.5 Å². The number of unbranched alkanes of at least 4 members (excludes halogenated alkanes) is 14. The Bertz CT molecular complexity index is 506. The minimum atomic E-state index is -0.637. The molecule has 1 saturated carbocycles. The number of rotatable bonds is 27. The van der Waals surface area contributed by atoms with Crippen LogP contribution in [0.2, 0.25) is 0 Å². The maximum absolute atomic E-state index is 10.9. The Labute approximate surface area is 226 Å². The van der Waals surface area contributed by atoms with Crippen molar-refractivity contribution in [3.8, 4) is 0 Å². The van der Waals surface area contributed by atoms with Gasteiger partial charge in [-0.15, -0.1) is 0 Å². The smallest absolute Gasteiger partial charge is 0.306 e. The predicted molar refractivity (Wildman–Crippen MR) is 158 cm³/mol. The Morgan fingerprint density at radius 2 is 1.11 bits per heavy atom. The fraction of sp³-hybridized carbons (Fsp3) is 0.970. The normalized spacial score (nSPS) is 19.0. The zero-order valence-corrected chi connectivity index (χ0v) is 25.1. The first kappa shape index (κ1) is 33.5. The van der Waals surface area contributed by atoms with E-state index >= 15 is 0 Å². The second-order valence-corrected chi connectivity index (χ2v) is 12.7. The molecule has 0 radical (unpaired) electrons. The number of carboxylic acid groups (broad SMARTS) is 1. The standard InChI is InChI=1S/C33H65NO2/c1-5-6-7-8-11-14-17-23-30(28-34(3)4)24-18-15-12-9-10-13-16-19-25-31-27-32(31)26-21-20-22-29(2)33(35)36/h29-32H,5-28H2,1-4H3,(H,35,36). The highest BCUT2D eigenvalue weighted by molar-refractivity contribution is 5.69. The van der Waals surface area contributed by atoms with E-state index in [-0.39, 0.29) is 5.92 Å². The van der Waals surface area contributed by atoms with Crippen molar-refractivity contribution in [1.29, 1.82) is 0 Å². The van der Waals surface area contributed by atoms with Crippen LogP contribution in [0.3, 0.4) is 0 Å². The lowest BCUT2D eigenvalue weighted by Gasteiger charge is -2.21. The SMILES string of the molecule is CCCCCCCCCC(CCCCCCCCCCC1CC1CCCCC(C)C(=O)O)CN(C)C. The molecular formula is C33H65NO2. The van der Waals surface area contributed by atoms with Gasteiger partial charge in [-0.1, -0.05) is 136 Å². The third-order valence-electron chi connectivity index (χ3n) is 8.73. The Hall–Kier alpha value is -0.570. The molecule has 3 heteroatoms. The Kier molecular flexibility index (Phi) is 20.8. The van der Waals surface area contributed by atoms with Crippen molar-refractivity contribution >= 4 is 5.97 Å². The molecule has 4 atom stereocenters. The van der Waals surface area contributed by atoms with Gasteiger partial charge in [0, 0.05) is 6.54 Å². The van der Waals surface area contributed by atoms with E-state index in [9.17, 15) is 4.79 Å². The fourth-order valence-corrected chi connectivity index (χ4v) is 6.13. The summed E-state index contributed by atoms with van der Waals surface area (Å²) in [6, 6.07) is 0. The number of aliphatic carboxylic acids is 1. The highest BCUT2D eigenvalue weighted by Crippen LogP contribution is 2.45. The van der Waals surface area contributed by atoms with Crippen LogP contribution in [0.1, 0.15) is 162 Å². The first-order valence-electron chi connectivity index (χ1n) is 16.3. The summed E-state index contributed by atoms with van der Waals surface area (Å²) in [5, 5.41) is 8.96. The van der Waals surface area contributed by atoms with E-state index in [1.165, 1.54) is 141 Å². The van der Waals surface area contributed by atoms with Crippen molar-refractivity contribution < 1.29 is 9.90 Å². The van der Waals surface area contributed by atoms with Crippen LogP contribution in [0.4, 0.5) is 0 Å². The molecule has 3 nitrogen and oxygen atoms in total. The topological polar surface area (TPSA) is 40.5 Å². The molecule has 0 amide bonds. The van der Waals surface area contributed by atoms with E-state index < -0.39 is 5.97 Å². The average Bonchev–Trinajstić information content (AvgIpc) is 3.59. The van der Waals surface area contributed by atoms with Crippen LogP contribution in [0.5, 0.6) is 0 Å². The number of carbonyl (C=O) groups is 1. The van der Waals surface area contributed by atoms with Crippen LogP contribution in [-0.2, 0) is 4.79 Å². The molecule has 1 aliphatic rings. The first-order valence-corrected chi connectivity index (χ1v) is 16.3. The average molecular weight is 508 g/mol. The van der Waals surface area contributed by atoms with Crippen LogP contribution in [0.25, 0.3) is 0 Å². The van der Waals surface area contributed by atoms with Crippen LogP contribution >= 0.6 is 0 Å². The summed E-state index contributed by atoms with van der Waals surface area (Å²) >= 11 is 0. The minimum Gasteiger partial charge on any atom is -0.481 e. The molecule has 0 aliphatic heterocycles. The van der Waals surface area contributed by atoms with E-state index in [4.69, 9.17) is 5.11 Å². The van der Waals surface area contributed by atoms with Crippen LogP contribution in [0, 0.1) is 23.7 Å². The summed E-state index contributed by atoms with van der Waals surface area (Å²) in [6.07, 6.45) is 31.8. The molecule has 1 N–H and O–H groups in total. The zero-order valence-electron chi connectivity index (χ0n) is 25.1. The highest BCUT2D eigenvalue weighted by Gasteiger charge is 2.35. The van der Waals surface area contributed by atoms with Gasteiger partial charge in [0.1, 0.15) is 0 Å². The third-order valence-corrected chi connectivity index (χ3v) is 8.73. The van der Waals surface area contributed by atoms with E-state index in [1.54, 1.807) is 0 Å². The van der Waals surface area contributed by atoms with Crippen molar-refractivity contribution in [3.05, 3.63) is 0 Å². The molecule has 0 aromatic heterocycles. The van der Waals surface area contributed by atoms with Gasteiger partial charge in [0.25, 0.3) is 0 Å². The lowest BCUT2D eigenvalue weighted by atomic mass is 9.93. The quantitative estimate of drug-likeness (QED) is 0.112. The summed E-state index contributed by atoms with van der Waals surface area (Å²) < 4.78 is 0. The number of hydrogen-bond acceptors (Lipinski definition) is 2. The Morgan fingerprint density at radius 1 is 0.694 bits per heavy atom. The third kappa shape index (κ3) is 19.5. The maximum atomic E-state index is 10.9. The molecular weight excluding hydrogens is 442 g/mol. The molecule has 1 aliphatic carbocycles. The summed E-state index contributed by atoms with van der Waals surface area (Å²) in [7, 11) is 4.49.